The maximum atomic E-state index is 7.08. The number of hydrogen-bond donors (Lipinski definition) is 2. The third-order valence-corrected chi connectivity index (χ3v) is 3.41. The zero-order chi connectivity index (χ0) is 13.5. The van der Waals surface area contributed by atoms with E-state index in [1.807, 2.05) is 31.2 Å². The summed E-state index contributed by atoms with van der Waals surface area (Å²) < 4.78 is 0. The molecule has 98 valence electrons. The van der Waals surface area contributed by atoms with Gasteiger partial charge in [0.25, 0.3) is 0 Å². The first-order valence-electron chi connectivity index (χ1n) is 6.57. The van der Waals surface area contributed by atoms with Crippen LogP contribution in [0.15, 0.2) is 36.4 Å². The molecule has 1 fully saturated rings. The minimum Gasteiger partial charge on any atom is -0.384 e. The van der Waals surface area contributed by atoms with E-state index in [1.54, 1.807) is 0 Å². The quantitative estimate of drug-likeness (QED) is 0.460. The van der Waals surface area contributed by atoms with Crippen LogP contribution in [0.5, 0.6) is 0 Å². The van der Waals surface area contributed by atoms with Crippen molar-refractivity contribution >= 4 is 5.84 Å². The van der Waals surface area contributed by atoms with Crippen molar-refractivity contribution in [1.29, 1.82) is 5.41 Å². The van der Waals surface area contributed by atoms with Gasteiger partial charge in [-0.1, -0.05) is 54.8 Å². The highest BCUT2D eigenvalue weighted by Crippen LogP contribution is 2.29. The standard InChI is InChI=1S/C8H10N2.C8H14/c1-6-2-4-7(5-3-6)8(9)10;1-7(2)8-5-3-4-6-8/h2-5H,1H3,(H3,9,10);8H,1,3-6H2,2H3. The van der Waals surface area contributed by atoms with Gasteiger partial charge in [-0.15, -0.1) is 0 Å². The summed E-state index contributed by atoms with van der Waals surface area (Å²) in [6, 6.07) is 7.57. The van der Waals surface area contributed by atoms with Gasteiger partial charge in [0, 0.05) is 5.56 Å². The van der Waals surface area contributed by atoms with Crippen molar-refractivity contribution < 1.29 is 0 Å². The lowest BCUT2D eigenvalue weighted by molar-refractivity contribution is 0.645. The number of rotatable bonds is 2. The summed E-state index contributed by atoms with van der Waals surface area (Å²) in [6.45, 7) is 8.09. The zero-order valence-corrected chi connectivity index (χ0v) is 11.5. The van der Waals surface area contributed by atoms with E-state index < -0.39 is 0 Å². The summed E-state index contributed by atoms with van der Waals surface area (Å²) in [5.41, 5.74) is 8.61. The molecule has 0 aromatic heterocycles. The largest absolute Gasteiger partial charge is 0.384 e. The highest BCUT2D eigenvalue weighted by Gasteiger charge is 2.14. The Balaban J connectivity index is 0.000000184. The third-order valence-electron chi connectivity index (χ3n) is 3.41. The summed E-state index contributed by atoms with van der Waals surface area (Å²) >= 11 is 0. The van der Waals surface area contributed by atoms with Crippen molar-refractivity contribution in [3.63, 3.8) is 0 Å². The van der Waals surface area contributed by atoms with Gasteiger partial charge in [0.1, 0.15) is 5.84 Å². The Morgan fingerprint density at radius 3 is 2.06 bits per heavy atom. The second kappa shape index (κ2) is 7.00. The van der Waals surface area contributed by atoms with Crippen molar-refractivity contribution in [2.75, 3.05) is 0 Å². The molecule has 3 N–H and O–H groups in total. The van der Waals surface area contributed by atoms with Crippen molar-refractivity contribution in [3.05, 3.63) is 47.5 Å². The summed E-state index contributed by atoms with van der Waals surface area (Å²) in [7, 11) is 0. The lowest BCUT2D eigenvalue weighted by atomic mass is 10.0. The molecule has 18 heavy (non-hydrogen) atoms. The lowest BCUT2D eigenvalue weighted by Gasteiger charge is -2.05. The molecule has 1 aliphatic rings. The van der Waals surface area contributed by atoms with Gasteiger partial charge in [0.2, 0.25) is 0 Å². The summed E-state index contributed by atoms with van der Waals surface area (Å²) in [5.74, 6) is 0.995. The number of hydrogen-bond acceptors (Lipinski definition) is 1. The van der Waals surface area contributed by atoms with Crippen molar-refractivity contribution in [3.8, 4) is 0 Å². The van der Waals surface area contributed by atoms with Crippen LogP contribution in [0.25, 0.3) is 0 Å². The Morgan fingerprint density at radius 1 is 1.22 bits per heavy atom. The molecule has 2 rings (SSSR count). The first kappa shape index (κ1) is 14.5. The molecule has 0 atom stereocenters. The summed E-state index contributed by atoms with van der Waals surface area (Å²) in [4.78, 5) is 0. The molecule has 0 heterocycles. The van der Waals surface area contributed by atoms with E-state index >= 15 is 0 Å². The number of nitrogens with two attached hydrogens (primary N) is 1. The topological polar surface area (TPSA) is 49.9 Å². The first-order chi connectivity index (χ1) is 8.50. The molecule has 1 aliphatic carbocycles. The molecule has 2 heteroatoms. The third kappa shape index (κ3) is 4.74. The number of nitrogens with one attached hydrogen (secondary N) is 1. The van der Waals surface area contributed by atoms with E-state index in [2.05, 4.69) is 13.5 Å². The van der Waals surface area contributed by atoms with Gasteiger partial charge < -0.3 is 5.73 Å². The Kier molecular flexibility index (Phi) is 5.63. The summed E-state index contributed by atoms with van der Waals surface area (Å²) in [5, 5.41) is 7.08. The fourth-order valence-corrected chi connectivity index (χ4v) is 2.15. The fourth-order valence-electron chi connectivity index (χ4n) is 2.15. The van der Waals surface area contributed by atoms with Crippen LogP contribution in [-0.2, 0) is 0 Å². The number of amidine groups is 1. The smallest absolute Gasteiger partial charge is 0.122 e. The van der Waals surface area contributed by atoms with E-state index in [-0.39, 0.29) is 5.84 Å². The molecule has 0 saturated heterocycles. The maximum Gasteiger partial charge on any atom is 0.122 e. The number of benzene rings is 1. The highest BCUT2D eigenvalue weighted by atomic mass is 14.7. The second-order valence-electron chi connectivity index (χ2n) is 5.11. The first-order valence-corrected chi connectivity index (χ1v) is 6.57. The molecule has 1 aromatic carbocycles. The fraction of sp³-hybridized carbons (Fsp3) is 0.438. The number of aryl methyl sites for hydroxylation is 1. The zero-order valence-electron chi connectivity index (χ0n) is 11.5. The van der Waals surface area contributed by atoms with Crippen molar-refractivity contribution in [2.45, 2.75) is 39.5 Å². The van der Waals surface area contributed by atoms with Crippen LogP contribution >= 0.6 is 0 Å². The Bertz CT molecular complexity index is 398. The molecule has 1 saturated carbocycles. The van der Waals surface area contributed by atoms with Crippen LogP contribution in [0.3, 0.4) is 0 Å². The maximum absolute atomic E-state index is 7.08. The van der Waals surface area contributed by atoms with Crippen LogP contribution in [0.2, 0.25) is 0 Å². The van der Waals surface area contributed by atoms with Gasteiger partial charge in [0.05, 0.1) is 0 Å². The van der Waals surface area contributed by atoms with Gasteiger partial charge in [-0.05, 0) is 32.6 Å². The molecule has 0 bridgehead atoms. The van der Waals surface area contributed by atoms with Crippen LogP contribution in [0.4, 0.5) is 0 Å². The lowest BCUT2D eigenvalue weighted by Crippen LogP contribution is -2.10. The molecule has 0 amide bonds. The average Bonchev–Trinajstić information content (AvgIpc) is 2.84. The van der Waals surface area contributed by atoms with Gasteiger partial charge >= 0.3 is 0 Å². The van der Waals surface area contributed by atoms with Crippen LogP contribution in [0.1, 0.15) is 43.7 Å². The van der Waals surface area contributed by atoms with E-state index in [4.69, 9.17) is 11.1 Å². The molecule has 1 aromatic rings. The van der Waals surface area contributed by atoms with E-state index in [9.17, 15) is 0 Å². The molecule has 0 unspecified atom stereocenters. The van der Waals surface area contributed by atoms with Gasteiger partial charge in [-0.25, -0.2) is 0 Å². The van der Waals surface area contributed by atoms with Gasteiger partial charge in [-0.3, -0.25) is 5.41 Å². The van der Waals surface area contributed by atoms with E-state index in [0.717, 1.165) is 11.5 Å². The minimum absolute atomic E-state index is 0.125. The normalized spacial score (nSPS) is 14.8. The molecular formula is C16H24N2. The van der Waals surface area contributed by atoms with Crippen molar-refractivity contribution in [1.82, 2.24) is 0 Å². The molecule has 0 spiro atoms. The SMILES string of the molecule is C=C(C)C1CCCC1.Cc1ccc(C(=N)N)cc1. The second-order valence-corrected chi connectivity index (χ2v) is 5.11. The molecule has 0 radical (unpaired) electrons. The Hall–Kier alpha value is -1.57. The van der Waals surface area contributed by atoms with Crippen molar-refractivity contribution in [2.24, 2.45) is 11.7 Å². The molecular weight excluding hydrogens is 220 g/mol. The Morgan fingerprint density at radius 2 is 1.72 bits per heavy atom. The van der Waals surface area contributed by atoms with Gasteiger partial charge in [0.15, 0.2) is 0 Å². The average molecular weight is 244 g/mol. The molecule has 2 nitrogen and oxygen atoms in total. The van der Waals surface area contributed by atoms with Crippen LogP contribution < -0.4 is 5.73 Å². The predicted octanol–water partition coefficient (Wildman–Crippen LogP) is 4.03. The minimum atomic E-state index is 0.125. The number of nitrogen functional groups attached to an aromatic ring is 1. The van der Waals surface area contributed by atoms with E-state index in [0.29, 0.717) is 0 Å². The van der Waals surface area contributed by atoms with Gasteiger partial charge in [-0.2, -0.15) is 0 Å². The van der Waals surface area contributed by atoms with E-state index in [1.165, 1.54) is 36.8 Å². The number of allylic oxidation sites excluding steroid dienone is 1. The van der Waals surface area contributed by atoms with Crippen LogP contribution in [0, 0.1) is 18.3 Å². The monoisotopic (exact) mass is 244 g/mol. The highest BCUT2D eigenvalue weighted by molar-refractivity contribution is 5.94. The predicted molar refractivity (Wildman–Crippen MR) is 79.0 cm³/mol. The van der Waals surface area contributed by atoms with Crippen LogP contribution in [-0.4, -0.2) is 5.84 Å². The summed E-state index contributed by atoms with van der Waals surface area (Å²) in [6.07, 6.45) is 5.65. The Labute approximate surface area is 110 Å². The molecule has 0 aliphatic heterocycles.